The summed E-state index contributed by atoms with van der Waals surface area (Å²) in [5.74, 6) is 0.535. The van der Waals surface area contributed by atoms with E-state index in [2.05, 4.69) is 35.4 Å². The van der Waals surface area contributed by atoms with Gasteiger partial charge < -0.3 is 10.0 Å². The zero-order valence-corrected chi connectivity index (χ0v) is 17.9. The Labute approximate surface area is 173 Å². The number of fused-ring (bicyclic) bond motifs is 2. The topological polar surface area (TPSA) is 60.7 Å². The van der Waals surface area contributed by atoms with Crippen molar-refractivity contribution in [2.24, 2.45) is 0 Å². The number of hydrogen-bond acceptors (Lipinski definition) is 3. The van der Waals surface area contributed by atoms with Crippen LogP contribution in [0.5, 0.6) is 0 Å². The van der Waals surface area contributed by atoms with Crippen molar-refractivity contribution in [1.29, 1.82) is 0 Å². The molecule has 1 fully saturated rings. The normalized spacial score (nSPS) is 21.2. The molecule has 158 valence electrons. The van der Waals surface area contributed by atoms with Gasteiger partial charge in [0.1, 0.15) is 0 Å². The molecule has 0 saturated carbocycles. The summed E-state index contributed by atoms with van der Waals surface area (Å²) in [4.78, 5) is 17.2. The zero-order chi connectivity index (χ0) is 20.5. The summed E-state index contributed by atoms with van der Waals surface area (Å²) in [6.45, 7) is 9.73. The number of aliphatic hydroxyl groups is 1. The summed E-state index contributed by atoms with van der Waals surface area (Å²) in [6, 6.07) is 6.79. The van der Waals surface area contributed by atoms with E-state index >= 15 is 0 Å². The van der Waals surface area contributed by atoms with Crippen molar-refractivity contribution >= 4 is 16.9 Å². The number of aliphatic hydroxyl groups excluding tert-OH is 1. The number of amides is 2. The smallest absolute Gasteiger partial charge is 0.336 e. The summed E-state index contributed by atoms with van der Waals surface area (Å²) in [5, 5.41) is 11.5. The average molecular weight is 399 g/mol. The van der Waals surface area contributed by atoms with E-state index in [0.717, 1.165) is 37.1 Å². The van der Waals surface area contributed by atoms with Crippen LogP contribution in [0.3, 0.4) is 0 Å². The molecule has 29 heavy (non-hydrogen) atoms. The van der Waals surface area contributed by atoms with E-state index in [4.69, 9.17) is 0 Å². The maximum absolute atomic E-state index is 12.8. The molecule has 0 unspecified atom stereocenters. The first-order valence-electron chi connectivity index (χ1n) is 11.2. The Balaban J connectivity index is 1.81. The maximum atomic E-state index is 12.8. The fourth-order valence-corrected chi connectivity index (χ4v) is 5.53. The van der Waals surface area contributed by atoms with Crippen LogP contribution >= 0.6 is 0 Å². The van der Waals surface area contributed by atoms with Gasteiger partial charge in [-0.2, -0.15) is 0 Å². The number of aromatic nitrogens is 1. The summed E-state index contributed by atoms with van der Waals surface area (Å²) >= 11 is 0. The molecule has 6 heteroatoms. The fourth-order valence-electron chi connectivity index (χ4n) is 5.53. The number of hydrogen-bond donors (Lipinski definition) is 2. The van der Waals surface area contributed by atoms with Gasteiger partial charge in [-0.3, -0.25) is 9.58 Å². The van der Waals surface area contributed by atoms with E-state index in [0.29, 0.717) is 25.0 Å². The third-order valence-corrected chi connectivity index (χ3v) is 6.86. The Morgan fingerprint density at radius 2 is 2.07 bits per heavy atom. The Hall–Kier alpha value is -2.05. The molecule has 2 heterocycles. The first kappa shape index (κ1) is 20.2. The van der Waals surface area contributed by atoms with Gasteiger partial charge >= 0.3 is 6.03 Å². The molecule has 1 aliphatic heterocycles. The van der Waals surface area contributed by atoms with Gasteiger partial charge in [-0.05, 0) is 69.8 Å². The molecule has 2 N–H and O–H groups in total. The molecule has 2 aliphatic rings. The fraction of sp³-hybridized carbons (Fsp3) is 0.609. The largest absolute Gasteiger partial charge is 0.390 e. The quantitative estimate of drug-likeness (QED) is 0.781. The molecular weight excluding hydrogens is 364 g/mol. The van der Waals surface area contributed by atoms with Gasteiger partial charge in [0.05, 0.1) is 17.8 Å². The maximum Gasteiger partial charge on any atom is 0.336 e. The first-order chi connectivity index (χ1) is 14.1. The highest BCUT2D eigenvalue weighted by atomic mass is 16.3. The molecule has 4 rings (SSSR count). The predicted molar refractivity (Wildman–Crippen MR) is 117 cm³/mol. The van der Waals surface area contributed by atoms with Gasteiger partial charge in [-0.1, -0.05) is 19.1 Å². The van der Waals surface area contributed by atoms with Crippen molar-refractivity contribution in [3.8, 4) is 0 Å². The Kier molecular flexibility index (Phi) is 5.83. The minimum atomic E-state index is -0.122. The molecule has 0 spiro atoms. The van der Waals surface area contributed by atoms with Crippen LogP contribution in [0.2, 0.25) is 0 Å². The van der Waals surface area contributed by atoms with Crippen LogP contribution in [0.15, 0.2) is 18.2 Å². The average Bonchev–Trinajstić information content (AvgIpc) is 3.03. The van der Waals surface area contributed by atoms with Crippen molar-refractivity contribution in [3.05, 3.63) is 35.0 Å². The molecule has 0 bridgehead atoms. The number of nitrogens with one attached hydrogen (secondary N) is 1. The van der Waals surface area contributed by atoms with Crippen LogP contribution < -0.4 is 5.43 Å². The summed E-state index contributed by atoms with van der Waals surface area (Å²) in [6.07, 6.45) is 4.56. The lowest BCUT2D eigenvalue weighted by atomic mass is 9.74. The molecule has 6 nitrogen and oxygen atoms in total. The number of nitrogens with zero attached hydrogens (tertiary/aromatic N) is 3. The van der Waals surface area contributed by atoms with Crippen molar-refractivity contribution in [1.82, 2.24) is 14.5 Å². The van der Waals surface area contributed by atoms with E-state index in [1.165, 1.54) is 29.4 Å². The highest BCUT2D eigenvalue weighted by molar-refractivity contribution is 5.93. The highest BCUT2D eigenvalue weighted by Gasteiger charge is 2.39. The van der Waals surface area contributed by atoms with E-state index < -0.39 is 0 Å². The van der Waals surface area contributed by atoms with Crippen LogP contribution in [0.4, 0.5) is 4.79 Å². The number of urea groups is 1. The van der Waals surface area contributed by atoms with Crippen molar-refractivity contribution < 1.29 is 9.90 Å². The number of piperidine rings is 1. The summed E-state index contributed by atoms with van der Waals surface area (Å²) in [5.41, 5.74) is 7.50. The van der Waals surface area contributed by atoms with Gasteiger partial charge in [-0.15, -0.1) is 0 Å². The SMILES string of the molecule is CCCN1CCC[C@@H]2c3cccc4c3c(c(CO)n4NC(=O)N(CC)CC)C[C@H]21. The highest BCUT2D eigenvalue weighted by Crippen LogP contribution is 2.45. The third kappa shape index (κ3) is 3.32. The molecule has 1 aliphatic carbocycles. The van der Waals surface area contributed by atoms with Gasteiger partial charge in [-0.25, -0.2) is 10.2 Å². The molecular formula is C23H34N4O2. The van der Waals surface area contributed by atoms with Crippen LogP contribution in [0, 0.1) is 0 Å². The lowest BCUT2D eigenvalue weighted by Gasteiger charge is -2.44. The predicted octanol–water partition coefficient (Wildman–Crippen LogP) is 3.65. The van der Waals surface area contributed by atoms with Crippen molar-refractivity contribution in [3.63, 3.8) is 0 Å². The number of benzene rings is 1. The molecule has 1 saturated heterocycles. The second-order valence-corrected chi connectivity index (χ2v) is 8.31. The standard InChI is InChI=1S/C23H34N4O2/c1-4-12-26-13-8-10-16-17-9-7-11-19-22(17)18(14-20(16)26)21(15-28)27(19)24-23(29)25(5-2)6-3/h7,9,11,16,20,28H,4-6,8,10,12-15H2,1-3H3,(H,24,29)/t16-,20-/m1/s1. The van der Waals surface area contributed by atoms with Gasteiger partial charge in [0.25, 0.3) is 0 Å². The minimum Gasteiger partial charge on any atom is -0.390 e. The second kappa shape index (κ2) is 8.36. The lowest BCUT2D eigenvalue weighted by Crippen LogP contribution is -2.47. The molecule has 1 aromatic heterocycles. The Morgan fingerprint density at radius 1 is 1.28 bits per heavy atom. The molecule has 0 radical (unpaired) electrons. The number of carbonyl (C=O) groups is 1. The molecule has 1 aromatic carbocycles. The number of carbonyl (C=O) groups excluding carboxylic acids is 1. The van der Waals surface area contributed by atoms with E-state index in [-0.39, 0.29) is 12.6 Å². The first-order valence-corrected chi connectivity index (χ1v) is 11.2. The van der Waals surface area contributed by atoms with E-state index in [1.807, 2.05) is 18.5 Å². The van der Waals surface area contributed by atoms with Crippen LogP contribution in [-0.4, -0.2) is 57.8 Å². The van der Waals surface area contributed by atoms with Gasteiger partial charge in [0.2, 0.25) is 0 Å². The van der Waals surface area contributed by atoms with Crippen molar-refractivity contribution in [2.75, 3.05) is 31.6 Å². The van der Waals surface area contributed by atoms with E-state index in [1.54, 1.807) is 4.90 Å². The summed E-state index contributed by atoms with van der Waals surface area (Å²) < 4.78 is 1.84. The third-order valence-electron chi connectivity index (χ3n) is 6.86. The van der Waals surface area contributed by atoms with Crippen LogP contribution in [0.25, 0.3) is 10.9 Å². The lowest BCUT2D eigenvalue weighted by molar-refractivity contribution is 0.123. The van der Waals surface area contributed by atoms with Gasteiger partial charge in [0, 0.05) is 30.4 Å². The van der Waals surface area contributed by atoms with Gasteiger partial charge in [0.15, 0.2) is 0 Å². The molecule has 2 atom stereocenters. The van der Waals surface area contributed by atoms with Crippen LogP contribution in [-0.2, 0) is 13.0 Å². The summed E-state index contributed by atoms with van der Waals surface area (Å²) in [7, 11) is 0. The Bertz CT molecular complexity index is 885. The number of likely N-dealkylation sites (tertiary alicyclic amines) is 1. The zero-order valence-electron chi connectivity index (χ0n) is 17.9. The number of rotatable bonds is 6. The van der Waals surface area contributed by atoms with Crippen LogP contribution in [0.1, 0.15) is 62.8 Å². The van der Waals surface area contributed by atoms with E-state index in [9.17, 15) is 9.90 Å². The van der Waals surface area contributed by atoms with Crippen molar-refractivity contribution in [2.45, 2.75) is 65.0 Å². The molecule has 2 amide bonds. The Morgan fingerprint density at radius 3 is 2.76 bits per heavy atom. The monoisotopic (exact) mass is 398 g/mol. The molecule has 2 aromatic rings. The minimum absolute atomic E-state index is 0.0762. The second-order valence-electron chi connectivity index (χ2n) is 8.31.